The molecule has 0 spiro atoms. The van der Waals surface area contributed by atoms with Gasteiger partial charge in [-0.3, -0.25) is 0 Å². The Kier molecular flexibility index (Phi) is 4.86. The van der Waals surface area contributed by atoms with E-state index in [1.165, 1.54) is 19.0 Å². The van der Waals surface area contributed by atoms with Crippen molar-refractivity contribution >= 4 is 22.0 Å². The summed E-state index contributed by atoms with van der Waals surface area (Å²) < 4.78 is 6.12. The monoisotopic (exact) mass is 355 g/mol. The highest BCUT2D eigenvalue weighted by molar-refractivity contribution is 9.10. The Bertz CT molecular complexity index is 522. The maximum absolute atomic E-state index is 12.6. The van der Waals surface area contributed by atoms with E-state index in [2.05, 4.69) is 25.9 Å². The molecule has 0 N–H and O–H groups in total. The maximum atomic E-state index is 12.6. The molecule has 1 aromatic rings. The lowest BCUT2D eigenvalue weighted by Crippen LogP contribution is -2.52. The Morgan fingerprint density at radius 2 is 2.00 bits per heavy atom. The molecule has 1 fully saturated rings. The van der Waals surface area contributed by atoms with Crippen LogP contribution in [0.5, 0.6) is 5.88 Å². The Labute approximate surface area is 134 Å². The summed E-state index contributed by atoms with van der Waals surface area (Å²) in [6, 6.07) is 0.251. The molecule has 0 unspecified atom stereocenters. The summed E-state index contributed by atoms with van der Waals surface area (Å²) in [6.45, 7) is 7.88. The number of nitrogens with zero attached hydrogens (tertiary/aromatic N) is 3. The molecule has 6 heteroatoms. The summed E-state index contributed by atoms with van der Waals surface area (Å²) in [5, 5.41) is 0. The highest BCUT2D eigenvalue weighted by Gasteiger charge is 2.36. The summed E-state index contributed by atoms with van der Waals surface area (Å²) in [5.41, 5.74) is 0.320. The van der Waals surface area contributed by atoms with E-state index in [0.717, 1.165) is 12.8 Å². The van der Waals surface area contributed by atoms with Gasteiger partial charge in [0.1, 0.15) is 10.3 Å². The van der Waals surface area contributed by atoms with Crippen LogP contribution in [0.25, 0.3) is 0 Å². The first kappa shape index (κ1) is 16.2. The first-order valence-electron chi connectivity index (χ1n) is 7.29. The van der Waals surface area contributed by atoms with Gasteiger partial charge in [-0.2, -0.15) is 0 Å². The van der Waals surface area contributed by atoms with Crippen molar-refractivity contribution in [2.45, 2.75) is 65.0 Å². The molecule has 5 nitrogen and oxygen atoms in total. The number of carbonyl (C=O) groups excluding carboxylic acids is 1. The first-order chi connectivity index (χ1) is 9.79. The average Bonchev–Trinajstić information content (AvgIpc) is 2.84. The van der Waals surface area contributed by atoms with Crippen LogP contribution in [-0.4, -0.2) is 32.5 Å². The van der Waals surface area contributed by atoms with Crippen LogP contribution >= 0.6 is 15.9 Å². The molecule has 2 rings (SSSR count). The normalized spacial score (nSPS) is 16.0. The Hall–Kier alpha value is -1.17. The number of halogens is 1. The summed E-state index contributed by atoms with van der Waals surface area (Å²) in [6.07, 6.45) is 5.61. The minimum absolute atomic E-state index is 0.251. The van der Waals surface area contributed by atoms with Crippen LogP contribution in [-0.2, 0) is 0 Å². The Morgan fingerprint density at radius 1 is 1.38 bits per heavy atom. The van der Waals surface area contributed by atoms with Gasteiger partial charge in [-0.05, 0) is 56.5 Å². The van der Waals surface area contributed by atoms with Crippen molar-refractivity contribution in [2.75, 3.05) is 0 Å². The number of amides is 1. The lowest BCUT2D eigenvalue weighted by atomic mass is 10.0. The van der Waals surface area contributed by atoms with Crippen LogP contribution in [0.4, 0.5) is 4.79 Å². The van der Waals surface area contributed by atoms with Gasteiger partial charge >= 0.3 is 6.09 Å². The van der Waals surface area contributed by atoms with Crippen LogP contribution in [0.1, 0.15) is 52.1 Å². The van der Waals surface area contributed by atoms with Gasteiger partial charge in [0.25, 0.3) is 0 Å². The van der Waals surface area contributed by atoms with E-state index in [1.54, 1.807) is 6.92 Å². The van der Waals surface area contributed by atoms with Crippen molar-refractivity contribution in [1.29, 1.82) is 0 Å². The van der Waals surface area contributed by atoms with E-state index in [1.807, 2.05) is 25.7 Å². The third kappa shape index (κ3) is 3.93. The van der Waals surface area contributed by atoms with Gasteiger partial charge in [-0.25, -0.2) is 14.8 Å². The molecule has 0 radical (unpaired) electrons. The number of rotatable bonds is 2. The average molecular weight is 356 g/mol. The number of ether oxygens (including phenoxy) is 1. The second kappa shape index (κ2) is 6.30. The minimum Gasteiger partial charge on any atom is -0.389 e. The standard InChI is InChI=1S/C15H22BrN3O2/c1-10-13(17-9-12(16)18-10)21-14(20)19(15(2,3)4)11-7-5-6-8-11/h9,11H,5-8H2,1-4H3. The van der Waals surface area contributed by atoms with E-state index >= 15 is 0 Å². The fourth-order valence-corrected chi connectivity index (χ4v) is 3.18. The minimum atomic E-state index is -0.339. The van der Waals surface area contributed by atoms with Crippen LogP contribution in [0, 0.1) is 6.92 Å². The molecule has 1 aliphatic rings. The Morgan fingerprint density at radius 3 is 2.52 bits per heavy atom. The van der Waals surface area contributed by atoms with Crippen LogP contribution < -0.4 is 4.74 Å². The number of hydrogen-bond acceptors (Lipinski definition) is 4. The molecule has 0 saturated heterocycles. The fraction of sp³-hybridized carbons (Fsp3) is 0.667. The molecule has 1 amide bonds. The largest absolute Gasteiger partial charge is 0.417 e. The molecular formula is C15H22BrN3O2. The zero-order chi connectivity index (χ0) is 15.6. The predicted octanol–water partition coefficient (Wildman–Crippen LogP) is 4.09. The Balaban J connectivity index is 2.18. The molecule has 0 bridgehead atoms. The molecule has 0 atom stereocenters. The topological polar surface area (TPSA) is 55.3 Å². The molecule has 21 heavy (non-hydrogen) atoms. The van der Waals surface area contributed by atoms with Crippen LogP contribution in [0.3, 0.4) is 0 Å². The number of aromatic nitrogens is 2. The molecule has 1 aliphatic carbocycles. The van der Waals surface area contributed by atoms with Crippen molar-refractivity contribution in [2.24, 2.45) is 0 Å². The van der Waals surface area contributed by atoms with E-state index in [4.69, 9.17) is 4.74 Å². The molecule has 116 valence electrons. The summed E-state index contributed by atoms with van der Waals surface area (Å²) in [7, 11) is 0. The zero-order valence-electron chi connectivity index (χ0n) is 13.0. The van der Waals surface area contributed by atoms with Crippen molar-refractivity contribution in [3.05, 3.63) is 16.5 Å². The molecule has 1 saturated carbocycles. The third-order valence-electron chi connectivity index (χ3n) is 3.67. The second-order valence-corrected chi connectivity index (χ2v) is 7.24. The van der Waals surface area contributed by atoms with Crippen molar-refractivity contribution in [1.82, 2.24) is 14.9 Å². The summed E-state index contributed by atoms with van der Waals surface area (Å²) >= 11 is 3.25. The summed E-state index contributed by atoms with van der Waals surface area (Å²) in [5.74, 6) is 0.274. The van der Waals surface area contributed by atoms with Crippen molar-refractivity contribution in [3.63, 3.8) is 0 Å². The smallest absolute Gasteiger partial charge is 0.389 e. The highest BCUT2D eigenvalue weighted by Crippen LogP contribution is 2.30. The van der Waals surface area contributed by atoms with Crippen LogP contribution in [0.15, 0.2) is 10.8 Å². The second-order valence-electron chi connectivity index (χ2n) is 6.43. The fourth-order valence-electron chi connectivity index (χ4n) is 2.81. The number of carbonyl (C=O) groups is 1. The van der Waals surface area contributed by atoms with Gasteiger partial charge in [0.2, 0.25) is 5.88 Å². The van der Waals surface area contributed by atoms with E-state index in [0.29, 0.717) is 10.3 Å². The van der Waals surface area contributed by atoms with Crippen LogP contribution in [0.2, 0.25) is 0 Å². The molecule has 0 aliphatic heterocycles. The van der Waals surface area contributed by atoms with Gasteiger partial charge in [0.05, 0.1) is 6.20 Å². The van der Waals surface area contributed by atoms with Crippen molar-refractivity contribution < 1.29 is 9.53 Å². The first-order valence-corrected chi connectivity index (χ1v) is 8.08. The molecule has 1 aromatic heterocycles. The quantitative estimate of drug-likeness (QED) is 0.801. The number of aryl methyl sites for hydroxylation is 1. The number of hydrogen-bond donors (Lipinski definition) is 0. The zero-order valence-corrected chi connectivity index (χ0v) is 14.6. The summed E-state index contributed by atoms with van der Waals surface area (Å²) in [4.78, 5) is 22.8. The third-order valence-corrected chi connectivity index (χ3v) is 4.05. The molecule has 0 aromatic carbocycles. The molecule has 1 heterocycles. The predicted molar refractivity (Wildman–Crippen MR) is 84.3 cm³/mol. The van der Waals surface area contributed by atoms with E-state index < -0.39 is 0 Å². The molecular weight excluding hydrogens is 334 g/mol. The van der Waals surface area contributed by atoms with Gasteiger partial charge in [0, 0.05) is 11.6 Å². The van der Waals surface area contributed by atoms with Crippen molar-refractivity contribution in [3.8, 4) is 5.88 Å². The lowest BCUT2D eigenvalue weighted by Gasteiger charge is -2.39. The highest BCUT2D eigenvalue weighted by atomic mass is 79.9. The van der Waals surface area contributed by atoms with Gasteiger partial charge in [0.15, 0.2) is 0 Å². The van der Waals surface area contributed by atoms with E-state index in [9.17, 15) is 4.79 Å². The SMILES string of the molecule is Cc1nc(Br)cnc1OC(=O)N(C1CCCC1)C(C)(C)C. The lowest BCUT2D eigenvalue weighted by molar-refractivity contribution is 0.0761. The van der Waals surface area contributed by atoms with Gasteiger partial charge < -0.3 is 9.64 Å². The van der Waals surface area contributed by atoms with Gasteiger partial charge in [-0.15, -0.1) is 0 Å². The van der Waals surface area contributed by atoms with E-state index in [-0.39, 0.29) is 23.6 Å². The maximum Gasteiger partial charge on any atom is 0.417 e. The van der Waals surface area contributed by atoms with Gasteiger partial charge in [-0.1, -0.05) is 12.8 Å².